The molecule has 0 aliphatic carbocycles. The smallest absolute Gasteiger partial charge is 0.137 e. The van der Waals surface area contributed by atoms with E-state index in [1.807, 2.05) is 0 Å². The zero-order valence-corrected chi connectivity index (χ0v) is 42.1. The molecule has 0 saturated carbocycles. The summed E-state index contributed by atoms with van der Waals surface area (Å²) in [6.07, 6.45) is 1.65. The highest BCUT2D eigenvalue weighted by Gasteiger charge is 2.26. The van der Waals surface area contributed by atoms with Gasteiger partial charge >= 0.3 is 0 Å². The molecule has 0 bridgehead atoms. The zero-order chi connectivity index (χ0) is 50.1. The van der Waals surface area contributed by atoms with Crippen LogP contribution in [0.2, 0.25) is 0 Å². The van der Waals surface area contributed by atoms with Crippen molar-refractivity contribution in [2.24, 2.45) is 10.9 Å². The molecule has 0 fully saturated rings. The van der Waals surface area contributed by atoms with E-state index in [1.54, 1.807) is 0 Å². The Morgan fingerprint density at radius 2 is 1.00 bits per heavy atom. The number of nitrogens with zero attached hydrogens (tertiary/aromatic N) is 2. The lowest BCUT2D eigenvalue weighted by Gasteiger charge is -2.26. The summed E-state index contributed by atoms with van der Waals surface area (Å²) in [5.74, 6) is 0.0626. The average Bonchev–Trinajstić information content (AvgIpc) is 4.15. The maximum absolute atomic E-state index is 6.88. The Kier molecular flexibility index (Phi) is 10.7. The predicted molar refractivity (Wildman–Crippen MR) is 315 cm³/mol. The Labute approximate surface area is 435 Å². The summed E-state index contributed by atoms with van der Waals surface area (Å²) in [7, 11) is 0. The number of aromatic nitrogens is 1. The number of rotatable bonds is 8. The third-order valence-corrected chi connectivity index (χ3v) is 15.9. The van der Waals surface area contributed by atoms with Crippen molar-refractivity contribution < 1.29 is 8.83 Å². The Morgan fingerprint density at radius 3 is 1.76 bits per heavy atom. The van der Waals surface area contributed by atoms with Gasteiger partial charge in [-0.1, -0.05) is 189 Å². The van der Waals surface area contributed by atoms with Crippen LogP contribution < -0.4 is 0 Å². The first-order chi connectivity index (χ1) is 37.0. The molecular weight excluding hydrogens is 913 g/mol. The molecule has 0 amide bonds. The minimum atomic E-state index is 0.0626. The minimum absolute atomic E-state index is 0.0626. The maximum atomic E-state index is 6.88. The van der Waals surface area contributed by atoms with E-state index in [0.717, 1.165) is 107 Å². The van der Waals surface area contributed by atoms with Crippen LogP contribution >= 0.6 is 0 Å². The maximum Gasteiger partial charge on any atom is 0.137 e. The highest BCUT2D eigenvalue weighted by atomic mass is 16.3. The van der Waals surface area contributed by atoms with Crippen LogP contribution in [0, 0.1) is 5.92 Å². The lowest BCUT2D eigenvalue weighted by atomic mass is 9.82. The van der Waals surface area contributed by atoms with Crippen molar-refractivity contribution >= 4 is 82.7 Å². The first-order valence-electron chi connectivity index (χ1n) is 26.2. The van der Waals surface area contributed by atoms with Crippen LogP contribution in [0.25, 0.3) is 116 Å². The summed E-state index contributed by atoms with van der Waals surface area (Å²) in [6.45, 7) is 6.89. The minimum Gasteiger partial charge on any atom is -0.456 e. The number of hydrogen-bond acceptors (Lipinski definition) is 3. The van der Waals surface area contributed by atoms with Crippen molar-refractivity contribution in [2.75, 3.05) is 0 Å². The molecule has 4 heteroatoms. The second-order valence-corrected chi connectivity index (χ2v) is 20.1. The normalized spacial score (nSPS) is 17.1. The number of hydrogen-bond donors (Lipinski definition) is 0. The van der Waals surface area contributed by atoms with Crippen LogP contribution in [0.3, 0.4) is 0 Å². The zero-order valence-electron chi connectivity index (χ0n) is 42.1. The number of aliphatic imine (C=N–C) groups is 1. The Hall–Kier alpha value is -9.25. The lowest BCUT2D eigenvalue weighted by molar-refractivity contribution is 0.668. The van der Waals surface area contributed by atoms with Crippen LogP contribution in [0.1, 0.15) is 50.3 Å². The first kappa shape index (κ1) is 44.5. The van der Waals surface area contributed by atoms with Gasteiger partial charge in [0.15, 0.2) is 0 Å². The number of allylic oxidation sites excluding steroid dienone is 3. The third kappa shape index (κ3) is 7.47. The number of fused-ring (bicyclic) bond motifs is 9. The van der Waals surface area contributed by atoms with Crippen LogP contribution in [0.5, 0.6) is 0 Å². The van der Waals surface area contributed by atoms with E-state index in [-0.39, 0.29) is 5.92 Å². The molecule has 4 nitrogen and oxygen atoms in total. The van der Waals surface area contributed by atoms with Gasteiger partial charge < -0.3 is 13.4 Å². The number of furan rings is 2. The van der Waals surface area contributed by atoms with Gasteiger partial charge in [0, 0.05) is 44.0 Å². The summed E-state index contributed by atoms with van der Waals surface area (Å²) in [4.78, 5) is 5.63. The second-order valence-electron chi connectivity index (χ2n) is 20.1. The van der Waals surface area contributed by atoms with Gasteiger partial charge in [-0.05, 0) is 131 Å². The average molecular weight is 965 g/mol. The molecule has 13 aromatic rings. The SMILES string of the molecule is CC/C1=C(c2ccc(-c3ccccc3)cc2)/N=C(/c2ccccc2)C(C)/C(C)=C(\c2ccc3c(c2)oc2ccc(-c4ccc5oc6ccccc6c5c4-n4c5ccccc5c5cc(-c6ccccc6)ccc54)cc23)C1. The van der Waals surface area contributed by atoms with Crippen molar-refractivity contribution in [1.82, 2.24) is 4.57 Å². The van der Waals surface area contributed by atoms with Gasteiger partial charge in [0.05, 0.1) is 33.5 Å². The van der Waals surface area contributed by atoms with Crippen molar-refractivity contribution in [2.45, 2.75) is 33.6 Å². The van der Waals surface area contributed by atoms with Crippen molar-refractivity contribution in [3.05, 3.63) is 258 Å². The summed E-state index contributed by atoms with van der Waals surface area (Å²) in [5.41, 5.74) is 23.4. The first-order valence-corrected chi connectivity index (χ1v) is 26.2. The van der Waals surface area contributed by atoms with Crippen LogP contribution in [-0.2, 0) is 0 Å². The van der Waals surface area contributed by atoms with Crippen molar-refractivity contribution in [3.63, 3.8) is 0 Å². The van der Waals surface area contributed by atoms with Crippen LogP contribution in [0.4, 0.5) is 0 Å². The fraction of sp³-hybridized carbons (Fsp3) is 0.0845. The molecule has 14 rings (SSSR count). The molecule has 3 aromatic heterocycles. The summed E-state index contributed by atoms with van der Waals surface area (Å²) in [5, 5.41) is 6.76. The molecule has 0 radical (unpaired) electrons. The van der Waals surface area contributed by atoms with Gasteiger partial charge in [-0.15, -0.1) is 0 Å². The summed E-state index contributed by atoms with van der Waals surface area (Å²) >= 11 is 0. The molecule has 0 spiro atoms. The fourth-order valence-corrected chi connectivity index (χ4v) is 11.9. The molecule has 10 aromatic carbocycles. The summed E-state index contributed by atoms with van der Waals surface area (Å²) in [6, 6.07) is 83.0. The molecule has 1 atom stereocenters. The predicted octanol–water partition coefficient (Wildman–Crippen LogP) is 19.7. The molecule has 4 heterocycles. The van der Waals surface area contributed by atoms with E-state index in [9.17, 15) is 0 Å². The molecule has 0 N–H and O–H groups in total. The van der Waals surface area contributed by atoms with Gasteiger partial charge in [-0.3, -0.25) is 4.99 Å². The van der Waals surface area contributed by atoms with E-state index in [2.05, 4.69) is 256 Å². The third-order valence-electron chi connectivity index (χ3n) is 15.9. The fourth-order valence-electron chi connectivity index (χ4n) is 11.9. The molecule has 1 aliphatic rings. The van der Waals surface area contributed by atoms with Crippen LogP contribution in [-0.4, -0.2) is 10.3 Å². The molecule has 1 aliphatic heterocycles. The standard InChI is InChI=1S/C71H52N2O2/c1-4-46-40-59(44(2)45(3)69(50-22-12-7-13-23-50)72-70(46)51-30-28-49(29-31-51)47-18-8-5-9-19-47)54-32-35-57-61-42-53(34-38-65(61)75-67(57)43-54)55-36-39-66-68(58-25-15-17-27-64(58)74-66)71(55)73-62-26-16-14-24-56(62)60-41-52(33-37-63(60)73)48-20-10-6-11-21-48/h5-39,41-43,45H,4,40H2,1-3H3/b59-44-,70-46-,72-69+. The van der Waals surface area contributed by atoms with Crippen molar-refractivity contribution in [3.8, 4) is 39.1 Å². The quantitative estimate of drug-likeness (QED) is 0.152. The number of benzene rings is 10. The lowest BCUT2D eigenvalue weighted by Crippen LogP contribution is -2.17. The van der Waals surface area contributed by atoms with Gasteiger partial charge in [0.25, 0.3) is 0 Å². The van der Waals surface area contributed by atoms with Gasteiger partial charge in [-0.2, -0.15) is 0 Å². The monoisotopic (exact) mass is 964 g/mol. The van der Waals surface area contributed by atoms with E-state index >= 15 is 0 Å². The van der Waals surface area contributed by atoms with Crippen LogP contribution in [0.15, 0.2) is 255 Å². The highest BCUT2D eigenvalue weighted by Crippen LogP contribution is 2.46. The van der Waals surface area contributed by atoms with E-state index < -0.39 is 0 Å². The van der Waals surface area contributed by atoms with Gasteiger partial charge in [-0.25, -0.2) is 0 Å². The number of para-hydroxylation sites is 2. The van der Waals surface area contributed by atoms with Gasteiger partial charge in [0.2, 0.25) is 0 Å². The molecular formula is C71H52N2O2. The Morgan fingerprint density at radius 1 is 0.440 bits per heavy atom. The van der Waals surface area contributed by atoms with E-state index in [1.165, 1.54) is 55.3 Å². The molecule has 75 heavy (non-hydrogen) atoms. The van der Waals surface area contributed by atoms with Gasteiger partial charge in [0.1, 0.15) is 22.3 Å². The Bertz CT molecular complexity index is 4470. The second kappa shape index (κ2) is 18.0. The molecule has 1 unspecified atom stereocenters. The topological polar surface area (TPSA) is 43.6 Å². The highest BCUT2D eigenvalue weighted by molar-refractivity contribution is 6.18. The van der Waals surface area contributed by atoms with E-state index in [4.69, 9.17) is 13.8 Å². The molecule has 358 valence electrons. The molecule has 0 saturated heterocycles. The summed E-state index contributed by atoms with van der Waals surface area (Å²) < 4.78 is 16.0. The van der Waals surface area contributed by atoms with E-state index in [0.29, 0.717) is 0 Å². The van der Waals surface area contributed by atoms with Crippen molar-refractivity contribution in [1.29, 1.82) is 0 Å². The Balaban J connectivity index is 0.916. The largest absolute Gasteiger partial charge is 0.456 e.